The molecule has 0 bridgehead atoms. The molecule has 1 rings (SSSR count). The fourth-order valence-corrected chi connectivity index (χ4v) is 1.45. The molecule has 0 saturated carbocycles. The maximum absolute atomic E-state index is 11.3. The average Bonchev–Trinajstić information content (AvgIpc) is 2.28. The van der Waals surface area contributed by atoms with Crippen LogP contribution in [0.2, 0.25) is 0 Å². The van der Waals surface area contributed by atoms with E-state index in [0.717, 1.165) is 0 Å². The molecule has 1 saturated heterocycles. The van der Waals surface area contributed by atoms with Crippen LogP contribution in [-0.2, 0) is 4.79 Å². The minimum Gasteiger partial charge on any atom is -0.344 e. The number of likely N-dealkylation sites (N-methyl/N-ethyl adjacent to an activating group) is 1. The molecule has 1 fully saturated rings. The van der Waals surface area contributed by atoms with Crippen molar-refractivity contribution in [3.05, 3.63) is 0 Å². The van der Waals surface area contributed by atoms with Gasteiger partial charge in [0.1, 0.15) is 0 Å². The molecule has 1 heterocycles. The first-order chi connectivity index (χ1) is 6.49. The highest BCUT2D eigenvalue weighted by Crippen LogP contribution is 2.07. The van der Waals surface area contributed by atoms with E-state index in [9.17, 15) is 9.59 Å². The van der Waals surface area contributed by atoms with Crippen molar-refractivity contribution < 1.29 is 9.59 Å². The number of carbonyl (C=O) groups excluding carboxylic acids is 2. The lowest BCUT2D eigenvalue weighted by Gasteiger charge is -2.14. The summed E-state index contributed by atoms with van der Waals surface area (Å²) >= 11 is 0. The van der Waals surface area contributed by atoms with Crippen molar-refractivity contribution in [1.82, 2.24) is 15.5 Å². The zero-order valence-electron chi connectivity index (χ0n) is 8.83. The minimum absolute atomic E-state index is 0.0498. The van der Waals surface area contributed by atoms with Crippen LogP contribution in [0.4, 0.5) is 4.79 Å². The molecule has 2 N–H and O–H groups in total. The zero-order valence-corrected chi connectivity index (χ0v) is 8.83. The van der Waals surface area contributed by atoms with Gasteiger partial charge in [-0.1, -0.05) is 0 Å². The Hall–Kier alpha value is -1.26. The van der Waals surface area contributed by atoms with E-state index in [-0.39, 0.29) is 24.0 Å². The second-order valence-electron chi connectivity index (χ2n) is 3.95. The molecule has 5 heteroatoms. The number of amides is 3. The van der Waals surface area contributed by atoms with Crippen LogP contribution in [0.5, 0.6) is 0 Å². The molecule has 1 unspecified atom stereocenters. The van der Waals surface area contributed by atoms with Gasteiger partial charge in [-0.3, -0.25) is 4.79 Å². The highest BCUT2D eigenvalue weighted by molar-refractivity contribution is 5.81. The number of nitrogens with zero attached hydrogens (tertiary/aromatic N) is 1. The van der Waals surface area contributed by atoms with Gasteiger partial charge in [-0.05, 0) is 13.8 Å². The Bertz CT molecular complexity index is 240. The summed E-state index contributed by atoms with van der Waals surface area (Å²) in [4.78, 5) is 24.0. The molecule has 3 amide bonds. The minimum atomic E-state index is -0.201. The van der Waals surface area contributed by atoms with Gasteiger partial charge in [0, 0.05) is 26.1 Å². The number of nitrogens with one attached hydrogen (secondary N) is 2. The molecule has 14 heavy (non-hydrogen) atoms. The van der Waals surface area contributed by atoms with Crippen molar-refractivity contribution in [3.63, 3.8) is 0 Å². The number of carbonyl (C=O) groups is 2. The number of rotatable bonds is 2. The fraction of sp³-hybridized carbons (Fsp3) is 0.778. The molecule has 0 aromatic heterocycles. The number of hydrogen-bond acceptors (Lipinski definition) is 2. The van der Waals surface area contributed by atoms with Crippen molar-refractivity contribution in [2.45, 2.75) is 32.4 Å². The van der Waals surface area contributed by atoms with Gasteiger partial charge >= 0.3 is 6.03 Å². The largest absolute Gasteiger partial charge is 0.344 e. The quantitative estimate of drug-likeness (QED) is 0.653. The van der Waals surface area contributed by atoms with Crippen LogP contribution in [0.15, 0.2) is 0 Å². The van der Waals surface area contributed by atoms with Gasteiger partial charge in [-0.2, -0.15) is 0 Å². The summed E-state index contributed by atoms with van der Waals surface area (Å²) < 4.78 is 0. The van der Waals surface area contributed by atoms with Crippen molar-refractivity contribution >= 4 is 11.9 Å². The standard InChI is InChI=1S/C9H17N3O2/c1-6(2)10-9(14)11-7-4-8(13)12(3)5-7/h6-7H,4-5H2,1-3H3,(H2,10,11,14). The van der Waals surface area contributed by atoms with E-state index in [0.29, 0.717) is 13.0 Å². The van der Waals surface area contributed by atoms with Crippen molar-refractivity contribution in [2.75, 3.05) is 13.6 Å². The van der Waals surface area contributed by atoms with Crippen LogP contribution in [0.25, 0.3) is 0 Å². The topological polar surface area (TPSA) is 61.4 Å². The number of likely N-dealkylation sites (tertiary alicyclic amines) is 1. The van der Waals surface area contributed by atoms with Gasteiger partial charge < -0.3 is 15.5 Å². The first-order valence-corrected chi connectivity index (χ1v) is 4.80. The van der Waals surface area contributed by atoms with Crippen molar-refractivity contribution in [2.24, 2.45) is 0 Å². The summed E-state index contributed by atoms with van der Waals surface area (Å²) in [7, 11) is 1.74. The Morgan fingerprint density at radius 1 is 1.57 bits per heavy atom. The molecule has 0 aromatic carbocycles. The predicted octanol–water partition coefficient (Wildman–Crippen LogP) is -0.0753. The van der Waals surface area contributed by atoms with Crippen LogP contribution >= 0.6 is 0 Å². The van der Waals surface area contributed by atoms with Gasteiger partial charge in [0.2, 0.25) is 5.91 Å². The predicted molar refractivity (Wildman–Crippen MR) is 52.8 cm³/mol. The summed E-state index contributed by atoms with van der Waals surface area (Å²) in [6, 6.07) is -0.135. The van der Waals surface area contributed by atoms with Gasteiger partial charge in [-0.25, -0.2) is 4.79 Å². The van der Waals surface area contributed by atoms with Gasteiger partial charge in [0.15, 0.2) is 0 Å². The maximum atomic E-state index is 11.3. The summed E-state index contributed by atoms with van der Waals surface area (Å²) in [6.07, 6.45) is 0.405. The van der Waals surface area contributed by atoms with Gasteiger partial charge in [-0.15, -0.1) is 0 Å². The third-order valence-electron chi connectivity index (χ3n) is 2.10. The third kappa shape index (κ3) is 2.90. The first kappa shape index (κ1) is 10.8. The fourth-order valence-electron chi connectivity index (χ4n) is 1.45. The molecule has 80 valence electrons. The molecule has 0 aromatic rings. The lowest BCUT2D eigenvalue weighted by Crippen LogP contribution is -2.45. The average molecular weight is 199 g/mol. The van der Waals surface area contributed by atoms with E-state index in [2.05, 4.69) is 10.6 Å². The van der Waals surface area contributed by atoms with Gasteiger partial charge in [0.25, 0.3) is 0 Å². The zero-order chi connectivity index (χ0) is 10.7. The van der Waals surface area contributed by atoms with E-state index < -0.39 is 0 Å². The third-order valence-corrected chi connectivity index (χ3v) is 2.10. The molecule has 1 atom stereocenters. The smallest absolute Gasteiger partial charge is 0.315 e. The molecule has 1 aliphatic heterocycles. The van der Waals surface area contributed by atoms with Crippen LogP contribution in [-0.4, -0.2) is 42.5 Å². The van der Waals surface area contributed by atoms with Gasteiger partial charge in [0.05, 0.1) is 6.04 Å². The summed E-state index contributed by atoms with van der Waals surface area (Å²) in [5.41, 5.74) is 0. The van der Waals surface area contributed by atoms with E-state index in [4.69, 9.17) is 0 Å². The summed E-state index contributed by atoms with van der Waals surface area (Å²) in [5, 5.41) is 5.48. The van der Waals surface area contributed by atoms with E-state index in [1.807, 2.05) is 13.8 Å². The lowest BCUT2D eigenvalue weighted by atomic mass is 10.2. The highest BCUT2D eigenvalue weighted by Gasteiger charge is 2.27. The Morgan fingerprint density at radius 3 is 2.64 bits per heavy atom. The SMILES string of the molecule is CC(C)NC(=O)NC1CC(=O)N(C)C1. The van der Waals surface area contributed by atoms with E-state index in [1.165, 1.54) is 0 Å². The van der Waals surface area contributed by atoms with Crippen molar-refractivity contribution in [1.29, 1.82) is 0 Å². The normalized spacial score (nSPS) is 21.6. The Morgan fingerprint density at radius 2 is 2.21 bits per heavy atom. The van der Waals surface area contributed by atoms with E-state index in [1.54, 1.807) is 11.9 Å². The Balaban J connectivity index is 2.32. The molecule has 1 aliphatic rings. The van der Waals surface area contributed by atoms with E-state index >= 15 is 0 Å². The second-order valence-corrected chi connectivity index (χ2v) is 3.95. The molecular formula is C9H17N3O2. The van der Waals surface area contributed by atoms with Crippen LogP contribution in [0.1, 0.15) is 20.3 Å². The number of hydrogen-bond donors (Lipinski definition) is 2. The highest BCUT2D eigenvalue weighted by atomic mass is 16.2. The number of urea groups is 1. The Labute approximate surface area is 83.8 Å². The molecular weight excluding hydrogens is 182 g/mol. The molecule has 0 radical (unpaired) electrons. The Kier molecular flexibility index (Phi) is 3.33. The van der Waals surface area contributed by atoms with Crippen LogP contribution < -0.4 is 10.6 Å². The second kappa shape index (κ2) is 4.30. The lowest BCUT2D eigenvalue weighted by molar-refractivity contribution is -0.126. The monoisotopic (exact) mass is 199 g/mol. The van der Waals surface area contributed by atoms with Crippen molar-refractivity contribution in [3.8, 4) is 0 Å². The first-order valence-electron chi connectivity index (χ1n) is 4.80. The maximum Gasteiger partial charge on any atom is 0.315 e. The summed E-state index contributed by atoms with van der Waals surface area (Å²) in [6.45, 7) is 4.39. The molecule has 0 aliphatic carbocycles. The van der Waals surface area contributed by atoms with Crippen LogP contribution in [0.3, 0.4) is 0 Å². The molecule has 0 spiro atoms. The molecule has 5 nitrogen and oxygen atoms in total. The van der Waals surface area contributed by atoms with Crippen LogP contribution in [0, 0.1) is 0 Å². The summed E-state index contributed by atoms with van der Waals surface area (Å²) in [5.74, 6) is 0.0832.